The number of amides is 1. The first kappa shape index (κ1) is 19.0. The van der Waals surface area contributed by atoms with Gasteiger partial charge in [-0.15, -0.1) is 0 Å². The summed E-state index contributed by atoms with van der Waals surface area (Å²) in [6.45, 7) is 4.45. The van der Waals surface area contributed by atoms with Crippen LogP contribution in [0.15, 0.2) is 36.4 Å². The third-order valence-corrected chi connectivity index (χ3v) is 4.93. The van der Waals surface area contributed by atoms with Crippen LogP contribution >= 0.6 is 0 Å². The highest BCUT2D eigenvalue weighted by molar-refractivity contribution is 5.96. The number of nitrogens with two attached hydrogens (primary N) is 1. The molecule has 0 radical (unpaired) electrons. The van der Waals surface area contributed by atoms with E-state index in [4.69, 9.17) is 15.2 Å². The quantitative estimate of drug-likeness (QED) is 0.766. The number of hydrogen-bond donors (Lipinski definition) is 2. The Hall–Kier alpha value is -2.73. The third kappa shape index (κ3) is 4.71. The summed E-state index contributed by atoms with van der Waals surface area (Å²) in [5, 5.41) is 3.14. The topological polar surface area (TPSA) is 76.8 Å². The van der Waals surface area contributed by atoms with Crippen LogP contribution in [0.5, 0.6) is 11.5 Å². The van der Waals surface area contributed by atoms with Crippen molar-refractivity contribution in [1.82, 2.24) is 10.2 Å². The zero-order valence-electron chi connectivity index (χ0n) is 16.1. The third-order valence-electron chi connectivity index (χ3n) is 4.93. The van der Waals surface area contributed by atoms with Gasteiger partial charge >= 0.3 is 0 Å². The maximum Gasteiger partial charge on any atom is 0.251 e. The molecule has 0 aromatic heterocycles. The van der Waals surface area contributed by atoms with Crippen LogP contribution in [0.3, 0.4) is 0 Å². The summed E-state index contributed by atoms with van der Waals surface area (Å²) in [6, 6.07) is 11.5. The molecule has 0 aliphatic carbocycles. The standard InChI is InChI=1S/C21H27N3O3/c1-14-4-5-16(22)10-20(14)21(25)23-17-6-7-24(13-17)12-15-8-18(26-2)11-19(9-15)27-3/h4-5,8-11,17H,6-7,12-13,22H2,1-3H3,(H,23,25). The minimum atomic E-state index is -0.0605. The van der Waals surface area contributed by atoms with Gasteiger partial charge in [0.05, 0.1) is 14.2 Å². The number of carbonyl (C=O) groups excluding carboxylic acids is 1. The Kier molecular flexibility index (Phi) is 5.86. The lowest BCUT2D eigenvalue weighted by atomic mass is 10.1. The van der Waals surface area contributed by atoms with E-state index in [-0.39, 0.29) is 11.9 Å². The smallest absolute Gasteiger partial charge is 0.251 e. The molecule has 0 bridgehead atoms. The van der Waals surface area contributed by atoms with Crippen LogP contribution in [-0.2, 0) is 6.54 Å². The average Bonchev–Trinajstić information content (AvgIpc) is 3.09. The summed E-state index contributed by atoms with van der Waals surface area (Å²) in [6.07, 6.45) is 0.925. The molecule has 3 N–H and O–H groups in total. The zero-order valence-corrected chi connectivity index (χ0v) is 16.1. The van der Waals surface area contributed by atoms with E-state index in [9.17, 15) is 4.79 Å². The lowest BCUT2D eigenvalue weighted by Crippen LogP contribution is -2.37. The van der Waals surface area contributed by atoms with Crippen molar-refractivity contribution in [2.45, 2.75) is 25.9 Å². The maximum atomic E-state index is 12.6. The van der Waals surface area contributed by atoms with E-state index in [0.29, 0.717) is 11.3 Å². The van der Waals surface area contributed by atoms with Gasteiger partial charge in [-0.2, -0.15) is 0 Å². The molecule has 1 aliphatic heterocycles. The van der Waals surface area contributed by atoms with Crippen molar-refractivity contribution in [2.24, 2.45) is 0 Å². The number of rotatable bonds is 6. The number of hydrogen-bond acceptors (Lipinski definition) is 5. The maximum absolute atomic E-state index is 12.6. The van der Waals surface area contributed by atoms with Gasteiger partial charge in [-0.25, -0.2) is 0 Å². The van der Waals surface area contributed by atoms with Crippen molar-refractivity contribution in [2.75, 3.05) is 33.0 Å². The average molecular weight is 369 g/mol. The van der Waals surface area contributed by atoms with Crippen LogP contribution in [0.25, 0.3) is 0 Å². The largest absolute Gasteiger partial charge is 0.497 e. The fraction of sp³-hybridized carbons (Fsp3) is 0.381. The molecule has 1 atom stereocenters. The Morgan fingerprint density at radius 3 is 2.56 bits per heavy atom. The van der Waals surface area contributed by atoms with Crippen LogP contribution in [-0.4, -0.2) is 44.2 Å². The number of aryl methyl sites for hydroxylation is 1. The van der Waals surface area contributed by atoms with Gasteiger partial charge < -0.3 is 20.5 Å². The minimum Gasteiger partial charge on any atom is -0.497 e. The van der Waals surface area contributed by atoms with Gasteiger partial charge in [0.1, 0.15) is 11.5 Å². The van der Waals surface area contributed by atoms with Crippen molar-refractivity contribution in [3.05, 3.63) is 53.1 Å². The zero-order chi connectivity index (χ0) is 19.4. The van der Waals surface area contributed by atoms with Crippen molar-refractivity contribution in [3.63, 3.8) is 0 Å². The Balaban J connectivity index is 1.60. The number of likely N-dealkylation sites (tertiary alicyclic amines) is 1. The van der Waals surface area contributed by atoms with E-state index >= 15 is 0 Å². The van der Waals surface area contributed by atoms with Crippen LogP contribution in [0.4, 0.5) is 5.69 Å². The first-order chi connectivity index (χ1) is 13.0. The SMILES string of the molecule is COc1cc(CN2CCC(NC(=O)c3cc(N)ccc3C)C2)cc(OC)c1. The van der Waals surface area contributed by atoms with Gasteiger partial charge in [0.15, 0.2) is 0 Å². The molecule has 6 nitrogen and oxygen atoms in total. The molecule has 1 amide bonds. The molecule has 0 spiro atoms. The van der Waals surface area contributed by atoms with Crippen molar-refractivity contribution in [3.8, 4) is 11.5 Å². The lowest BCUT2D eigenvalue weighted by molar-refractivity contribution is 0.0937. The molecular formula is C21H27N3O3. The predicted molar refractivity (Wildman–Crippen MR) is 106 cm³/mol. The first-order valence-electron chi connectivity index (χ1n) is 9.10. The summed E-state index contributed by atoms with van der Waals surface area (Å²) in [5.74, 6) is 1.51. The number of nitrogen functional groups attached to an aromatic ring is 1. The highest BCUT2D eigenvalue weighted by Crippen LogP contribution is 2.24. The second-order valence-electron chi connectivity index (χ2n) is 6.99. The Morgan fingerprint density at radius 1 is 1.19 bits per heavy atom. The summed E-state index contributed by atoms with van der Waals surface area (Å²) < 4.78 is 10.7. The number of methoxy groups -OCH3 is 2. The normalized spacial score (nSPS) is 16.9. The molecule has 2 aromatic rings. The number of benzene rings is 2. The molecule has 144 valence electrons. The van der Waals surface area contributed by atoms with Crippen LogP contribution in [0.2, 0.25) is 0 Å². The lowest BCUT2D eigenvalue weighted by Gasteiger charge is -2.18. The van der Waals surface area contributed by atoms with Crippen LogP contribution in [0.1, 0.15) is 27.9 Å². The number of anilines is 1. The van der Waals surface area contributed by atoms with Crippen LogP contribution in [0, 0.1) is 6.92 Å². The monoisotopic (exact) mass is 369 g/mol. The molecule has 3 rings (SSSR count). The van der Waals surface area contributed by atoms with Crippen molar-refractivity contribution < 1.29 is 14.3 Å². The Labute approximate surface area is 160 Å². The summed E-state index contributed by atoms with van der Waals surface area (Å²) >= 11 is 0. The van der Waals surface area contributed by atoms with E-state index in [1.165, 1.54) is 0 Å². The summed E-state index contributed by atoms with van der Waals surface area (Å²) in [5.41, 5.74) is 9.13. The van der Waals surface area contributed by atoms with E-state index in [1.54, 1.807) is 20.3 Å². The number of ether oxygens (including phenoxy) is 2. The van der Waals surface area contributed by atoms with Crippen molar-refractivity contribution in [1.29, 1.82) is 0 Å². The molecule has 2 aromatic carbocycles. The number of carbonyl (C=O) groups is 1. The molecular weight excluding hydrogens is 342 g/mol. The van der Waals surface area contributed by atoms with Gasteiger partial charge in [0.2, 0.25) is 0 Å². The molecule has 1 aliphatic rings. The first-order valence-corrected chi connectivity index (χ1v) is 9.10. The van der Waals surface area contributed by atoms with Crippen LogP contribution < -0.4 is 20.5 Å². The highest BCUT2D eigenvalue weighted by atomic mass is 16.5. The minimum absolute atomic E-state index is 0.0605. The van der Waals surface area contributed by atoms with Gasteiger partial charge in [-0.1, -0.05) is 6.07 Å². The molecule has 1 fully saturated rings. The van der Waals surface area contributed by atoms with E-state index < -0.39 is 0 Å². The van der Waals surface area contributed by atoms with E-state index in [1.807, 2.05) is 37.3 Å². The predicted octanol–water partition coefficient (Wildman–Crippen LogP) is 2.60. The Morgan fingerprint density at radius 2 is 1.89 bits per heavy atom. The van der Waals surface area contributed by atoms with Gasteiger partial charge in [-0.3, -0.25) is 9.69 Å². The molecule has 1 saturated heterocycles. The van der Waals surface area contributed by atoms with Crippen molar-refractivity contribution >= 4 is 11.6 Å². The molecule has 1 heterocycles. The fourth-order valence-corrected chi connectivity index (χ4v) is 3.46. The molecule has 1 unspecified atom stereocenters. The molecule has 0 saturated carbocycles. The summed E-state index contributed by atoms with van der Waals surface area (Å²) in [4.78, 5) is 14.9. The number of nitrogens with zero attached hydrogens (tertiary/aromatic N) is 1. The fourth-order valence-electron chi connectivity index (χ4n) is 3.46. The highest BCUT2D eigenvalue weighted by Gasteiger charge is 2.25. The molecule has 6 heteroatoms. The second kappa shape index (κ2) is 8.31. The van der Waals surface area contributed by atoms with Gasteiger partial charge in [0.25, 0.3) is 5.91 Å². The Bertz CT molecular complexity index is 800. The number of nitrogens with one attached hydrogen (secondary N) is 1. The molecule has 27 heavy (non-hydrogen) atoms. The van der Waals surface area contributed by atoms with E-state index in [0.717, 1.165) is 48.7 Å². The van der Waals surface area contributed by atoms with Gasteiger partial charge in [0, 0.05) is 43.0 Å². The van der Waals surface area contributed by atoms with E-state index in [2.05, 4.69) is 10.2 Å². The van der Waals surface area contributed by atoms with Gasteiger partial charge in [-0.05, 0) is 48.7 Å². The second-order valence-corrected chi connectivity index (χ2v) is 6.99. The summed E-state index contributed by atoms with van der Waals surface area (Å²) in [7, 11) is 3.30.